The summed E-state index contributed by atoms with van der Waals surface area (Å²) in [6.45, 7) is 2.20. The van der Waals surface area contributed by atoms with Gasteiger partial charge in [0, 0.05) is 0 Å². The second-order valence-corrected chi connectivity index (χ2v) is 9.52. The van der Waals surface area contributed by atoms with E-state index in [1.165, 1.54) is 93.3 Å². The quantitative estimate of drug-likeness (QED) is 0.0728. The molecule has 2 rings (SSSR count). The van der Waals surface area contributed by atoms with Crippen LogP contribution in [0, 0.1) is 0 Å². The van der Waals surface area contributed by atoms with E-state index in [1.54, 1.807) is 6.08 Å². The Kier molecular flexibility index (Phi) is 15.0. The zero-order chi connectivity index (χ0) is 30.7. The number of aromatic carboxylic acids is 1. The van der Waals surface area contributed by atoms with Crippen LogP contribution in [-0.4, -0.2) is 40.9 Å². The van der Waals surface area contributed by atoms with E-state index in [0.29, 0.717) is 0 Å². The van der Waals surface area contributed by atoms with Crippen LogP contribution in [-0.2, 0) is 23.8 Å². The molecule has 1 N–H and O–H groups in total. The van der Waals surface area contributed by atoms with Gasteiger partial charge in [0.1, 0.15) is 0 Å². The number of carboxylic acid groups (broad SMARTS) is 1. The SMILES string of the molecule is CCCCCCCCCCC=COC(=O)c1ccc(C(=O)OC(=O)CCC(=O)OC(=O)c2ccc(C(=O)O)cc2)cc1. The number of hydrogen-bond acceptors (Lipinski definition) is 9. The molecule has 0 heterocycles. The number of carboxylic acids is 1. The molecule has 0 atom stereocenters. The minimum Gasteiger partial charge on any atom is -0.478 e. The number of carbonyl (C=O) groups is 6. The highest BCUT2D eigenvalue weighted by Gasteiger charge is 2.18. The molecule has 2 aromatic carbocycles. The smallest absolute Gasteiger partial charge is 0.345 e. The van der Waals surface area contributed by atoms with E-state index >= 15 is 0 Å². The molecule has 0 aliphatic rings. The molecule has 0 aliphatic carbocycles. The Balaban J connectivity index is 1.67. The molecule has 42 heavy (non-hydrogen) atoms. The third-order valence-electron chi connectivity index (χ3n) is 6.17. The minimum atomic E-state index is -1.18. The molecule has 0 bridgehead atoms. The average Bonchev–Trinajstić information content (AvgIpc) is 2.98. The summed E-state index contributed by atoms with van der Waals surface area (Å²) >= 11 is 0. The van der Waals surface area contributed by atoms with Crippen molar-refractivity contribution in [3.8, 4) is 0 Å². The monoisotopic (exact) mass is 580 g/mol. The number of carbonyl (C=O) groups excluding carboxylic acids is 5. The first-order valence-electron chi connectivity index (χ1n) is 14.0. The second-order valence-electron chi connectivity index (χ2n) is 9.52. The molecule has 2 aromatic rings. The summed E-state index contributed by atoms with van der Waals surface area (Å²) in [5, 5.41) is 8.87. The molecular weight excluding hydrogens is 544 g/mol. The average molecular weight is 581 g/mol. The summed E-state index contributed by atoms with van der Waals surface area (Å²) in [7, 11) is 0. The fourth-order valence-corrected chi connectivity index (χ4v) is 3.76. The normalized spacial score (nSPS) is 10.7. The highest BCUT2D eigenvalue weighted by molar-refractivity contribution is 6.00. The lowest BCUT2D eigenvalue weighted by molar-refractivity contribution is -0.144. The Labute approximate surface area is 244 Å². The maximum Gasteiger partial charge on any atom is 0.345 e. The van der Waals surface area contributed by atoms with Gasteiger partial charge in [-0.1, -0.05) is 51.9 Å². The van der Waals surface area contributed by atoms with E-state index in [-0.39, 0.29) is 22.3 Å². The number of rotatable bonds is 17. The molecular formula is C32H36O10. The van der Waals surface area contributed by atoms with Gasteiger partial charge in [0.25, 0.3) is 0 Å². The van der Waals surface area contributed by atoms with Gasteiger partial charge in [0.2, 0.25) is 0 Å². The molecule has 0 amide bonds. The van der Waals surface area contributed by atoms with Crippen molar-refractivity contribution in [1.82, 2.24) is 0 Å². The first-order chi connectivity index (χ1) is 20.2. The Bertz CT molecular complexity index is 1240. The number of benzene rings is 2. The van der Waals surface area contributed by atoms with Crippen molar-refractivity contribution in [3.63, 3.8) is 0 Å². The number of ether oxygens (including phenoxy) is 3. The molecule has 0 saturated carbocycles. The van der Waals surface area contributed by atoms with Crippen molar-refractivity contribution in [1.29, 1.82) is 0 Å². The molecule has 10 nitrogen and oxygen atoms in total. The standard InChI is InChI=1S/C32H36O10/c1-2-3-4-5-6-7-8-9-10-11-22-40-30(37)24-16-18-26(19-17-24)32(39)42-28(34)21-20-27(33)41-31(38)25-14-12-23(13-15-25)29(35)36/h11-19,22H,2-10,20-21H2,1H3,(H,35,36). The Morgan fingerprint density at radius 2 is 1.00 bits per heavy atom. The maximum atomic E-state index is 12.2. The van der Waals surface area contributed by atoms with Crippen LogP contribution in [0.25, 0.3) is 0 Å². The number of allylic oxidation sites excluding steroid dienone is 1. The van der Waals surface area contributed by atoms with Crippen LogP contribution in [0.15, 0.2) is 60.9 Å². The van der Waals surface area contributed by atoms with Crippen molar-refractivity contribution >= 4 is 35.8 Å². The van der Waals surface area contributed by atoms with Crippen molar-refractivity contribution in [2.24, 2.45) is 0 Å². The Morgan fingerprint density at radius 3 is 1.45 bits per heavy atom. The van der Waals surface area contributed by atoms with Gasteiger partial charge >= 0.3 is 35.8 Å². The number of esters is 5. The van der Waals surface area contributed by atoms with Crippen LogP contribution < -0.4 is 0 Å². The molecule has 224 valence electrons. The van der Waals surface area contributed by atoms with Crippen molar-refractivity contribution in [3.05, 3.63) is 83.1 Å². The van der Waals surface area contributed by atoms with Crippen molar-refractivity contribution < 1.29 is 48.1 Å². The topological polar surface area (TPSA) is 150 Å². The van der Waals surface area contributed by atoms with Crippen LogP contribution in [0.2, 0.25) is 0 Å². The van der Waals surface area contributed by atoms with Gasteiger partial charge in [0.15, 0.2) is 0 Å². The summed E-state index contributed by atoms with van der Waals surface area (Å²) in [4.78, 5) is 71.1. The largest absolute Gasteiger partial charge is 0.478 e. The van der Waals surface area contributed by atoms with Crippen LogP contribution in [0.3, 0.4) is 0 Å². The van der Waals surface area contributed by atoms with Crippen LogP contribution >= 0.6 is 0 Å². The van der Waals surface area contributed by atoms with Gasteiger partial charge in [0.05, 0.1) is 41.4 Å². The zero-order valence-corrected chi connectivity index (χ0v) is 23.7. The number of hydrogen-bond donors (Lipinski definition) is 1. The summed E-state index contributed by atoms with van der Waals surface area (Å²) < 4.78 is 14.4. The highest BCUT2D eigenvalue weighted by Crippen LogP contribution is 2.12. The Morgan fingerprint density at radius 1 is 0.595 bits per heavy atom. The molecule has 0 unspecified atom stereocenters. The predicted molar refractivity (Wildman–Crippen MR) is 152 cm³/mol. The van der Waals surface area contributed by atoms with Crippen molar-refractivity contribution in [2.45, 2.75) is 77.6 Å². The van der Waals surface area contributed by atoms with Gasteiger partial charge in [-0.3, -0.25) is 9.59 Å². The third kappa shape index (κ3) is 12.7. The molecule has 0 radical (unpaired) electrons. The van der Waals surface area contributed by atoms with E-state index in [2.05, 4.69) is 11.7 Å². The molecule has 0 fully saturated rings. The lowest BCUT2D eigenvalue weighted by Crippen LogP contribution is -2.17. The fourth-order valence-electron chi connectivity index (χ4n) is 3.76. The Hall–Kier alpha value is -4.60. The molecule has 0 aromatic heterocycles. The molecule has 10 heteroatoms. The zero-order valence-electron chi connectivity index (χ0n) is 23.7. The first-order valence-corrected chi connectivity index (χ1v) is 14.0. The minimum absolute atomic E-state index is 0.00713. The maximum absolute atomic E-state index is 12.2. The highest BCUT2D eigenvalue weighted by atomic mass is 16.6. The van der Waals surface area contributed by atoms with Crippen LogP contribution in [0.1, 0.15) is 119 Å². The van der Waals surface area contributed by atoms with Gasteiger partial charge in [-0.15, -0.1) is 0 Å². The van der Waals surface area contributed by atoms with E-state index in [1.807, 2.05) is 0 Å². The fraction of sp³-hybridized carbons (Fsp3) is 0.375. The van der Waals surface area contributed by atoms with E-state index in [0.717, 1.165) is 19.3 Å². The molecule has 0 saturated heterocycles. The van der Waals surface area contributed by atoms with Crippen LogP contribution in [0.5, 0.6) is 0 Å². The van der Waals surface area contributed by atoms with Crippen LogP contribution in [0.4, 0.5) is 0 Å². The first kappa shape index (κ1) is 33.6. The number of unbranched alkanes of at least 4 members (excludes halogenated alkanes) is 8. The second kappa shape index (κ2) is 18.7. The van der Waals surface area contributed by atoms with Gasteiger partial charge in [-0.2, -0.15) is 0 Å². The van der Waals surface area contributed by atoms with Gasteiger partial charge in [-0.25, -0.2) is 19.2 Å². The molecule has 0 aliphatic heterocycles. The van der Waals surface area contributed by atoms with Gasteiger partial charge in [-0.05, 0) is 67.4 Å². The summed E-state index contributed by atoms with van der Waals surface area (Å²) in [6.07, 6.45) is 12.7. The lowest BCUT2D eigenvalue weighted by atomic mass is 10.1. The third-order valence-corrected chi connectivity index (χ3v) is 6.17. The van der Waals surface area contributed by atoms with E-state index in [4.69, 9.17) is 14.6 Å². The summed E-state index contributed by atoms with van der Waals surface area (Å²) in [5.74, 6) is -5.80. The van der Waals surface area contributed by atoms with Crippen molar-refractivity contribution in [2.75, 3.05) is 0 Å². The lowest BCUT2D eigenvalue weighted by Gasteiger charge is -2.05. The summed E-state index contributed by atoms with van der Waals surface area (Å²) in [6, 6.07) is 10.1. The van der Waals surface area contributed by atoms with Gasteiger partial charge < -0.3 is 19.3 Å². The molecule has 0 spiro atoms. The summed E-state index contributed by atoms with van der Waals surface area (Å²) in [5.41, 5.74) is 0.122. The van der Waals surface area contributed by atoms with E-state index < -0.39 is 48.7 Å². The van der Waals surface area contributed by atoms with E-state index in [9.17, 15) is 28.8 Å². The predicted octanol–water partition coefficient (Wildman–Crippen LogP) is 6.43.